The van der Waals surface area contributed by atoms with E-state index in [1.54, 1.807) is 33.1 Å². The van der Waals surface area contributed by atoms with Gasteiger partial charge in [0, 0.05) is 29.2 Å². The molecule has 0 saturated heterocycles. The minimum absolute atomic E-state index is 0.0363. The molecule has 0 aromatic heterocycles. The van der Waals surface area contributed by atoms with Crippen LogP contribution >= 0.6 is 0 Å². The molecule has 13 heteroatoms. The first kappa shape index (κ1) is 28.2. The van der Waals surface area contributed by atoms with Gasteiger partial charge in [-0.05, 0) is 53.0 Å². The summed E-state index contributed by atoms with van der Waals surface area (Å²) in [6.45, 7) is -0.202. The Labute approximate surface area is 223 Å². The first-order valence-electron chi connectivity index (χ1n) is 12.3. The number of nitrogens with one attached hydrogen (secondary N) is 2. The lowest BCUT2D eigenvalue weighted by Gasteiger charge is -2.51. The Morgan fingerprint density at radius 2 is 1.87 bits per heavy atom. The van der Waals surface area contributed by atoms with Crippen molar-refractivity contribution in [2.75, 3.05) is 34.7 Å². The molecule has 0 radical (unpaired) electrons. The molecular formula is C26H32FN5O7. The fraction of sp³-hybridized carbons (Fsp3) is 0.462. The smallest absolute Gasteiger partial charge is 0.254 e. The van der Waals surface area contributed by atoms with E-state index in [-0.39, 0.29) is 54.1 Å². The fourth-order valence-corrected chi connectivity index (χ4v) is 6.05. The lowest BCUT2D eigenvalue weighted by atomic mass is 9.57. The van der Waals surface area contributed by atoms with Gasteiger partial charge in [0.1, 0.15) is 28.7 Å². The SMILES string of the molecule is CN(C)CC(=O)NCc1cc(F)c2c(c1O)C(O)=C1C(=O)[C@]3(O)C(=N)C(C(N)=O)=C(O)[C@@H](N(C)C)[C@@H]3C[C@@H]1C2. The Balaban J connectivity index is 1.83. The number of aliphatic hydroxyl groups excluding tert-OH is 2. The van der Waals surface area contributed by atoms with Crippen LogP contribution in [0.2, 0.25) is 0 Å². The number of aliphatic hydroxyl groups is 3. The lowest BCUT2D eigenvalue weighted by molar-refractivity contribution is -0.138. The average Bonchev–Trinajstić information content (AvgIpc) is 2.81. The number of carbonyl (C=O) groups excluding carboxylic acids is 3. The van der Waals surface area contributed by atoms with E-state index in [0.717, 1.165) is 6.07 Å². The van der Waals surface area contributed by atoms with Crippen molar-refractivity contribution in [2.24, 2.45) is 17.6 Å². The summed E-state index contributed by atoms with van der Waals surface area (Å²) in [5.74, 6) is -7.26. The number of carbonyl (C=O) groups is 3. The van der Waals surface area contributed by atoms with Crippen LogP contribution in [-0.2, 0) is 27.3 Å². The maximum atomic E-state index is 15.3. The topological polar surface area (TPSA) is 201 Å². The summed E-state index contributed by atoms with van der Waals surface area (Å²) in [6.07, 6.45) is -0.189. The second-order valence-corrected chi connectivity index (χ2v) is 10.7. The normalized spacial score (nSPS) is 26.5. The number of aromatic hydroxyl groups is 1. The number of benzene rings is 1. The van der Waals surface area contributed by atoms with E-state index in [2.05, 4.69) is 5.32 Å². The van der Waals surface area contributed by atoms with E-state index in [1.165, 1.54) is 4.90 Å². The maximum absolute atomic E-state index is 15.3. The van der Waals surface area contributed by atoms with E-state index >= 15 is 4.39 Å². The second kappa shape index (κ2) is 9.74. The van der Waals surface area contributed by atoms with Gasteiger partial charge < -0.3 is 41.8 Å². The fourth-order valence-electron chi connectivity index (χ4n) is 6.05. The van der Waals surface area contributed by atoms with Gasteiger partial charge in [-0.2, -0.15) is 0 Å². The summed E-state index contributed by atoms with van der Waals surface area (Å²) < 4.78 is 15.3. The van der Waals surface area contributed by atoms with Gasteiger partial charge in [-0.15, -0.1) is 0 Å². The van der Waals surface area contributed by atoms with E-state index in [1.807, 2.05) is 0 Å². The summed E-state index contributed by atoms with van der Waals surface area (Å²) in [5, 5.41) is 55.8. The number of ketones is 1. The van der Waals surface area contributed by atoms with Crippen LogP contribution in [0.25, 0.3) is 5.76 Å². The zero-order valence-corrected chi connectivity index (χ0v) is 22.0. The predicted molar refractivity (Wildman–Crippen MR) is 137 cm³/mol. The van der Waals surface area contributed by atoms with Crippen molar-refractivity contribution in [3.63, 3.8) is 0 Å². The molecule has 4 rings (SSSR count). The highest BCUT2D eigenvalue weighted by Gasteiger charge is 2.63. The molecular weight excluding hydrogens is 513 g/mol. The van der Waals surface area contributed by atoms with Gasteiger partial charge in [-0.1, -0.05) is 0 Å². The molecule has 1 fully saturated rings. The van der Waals surface area contributed by atoms with Crippen molar-refractivity contribution in [1.29, 1.82) is 5.41 Å². The van der Waals surface area contributed by atoms with Crippen LogP contribution in [0.3, 0.4) is 0 Å². The largest absolute Gasteiger partial charge is 0.510 e. The number of nitrogens with two attached hydrogens (primary N) is 1. The van der Waals surface area contributed by atoms with Gasteiger partial charge in [-0.3, -0.25) is 19.3 Å². The summed E-state index contributed by atoms with van der Waals surface area (Å²) in [4.78, 5) is 41.1. The molecule has 4 atom stereocenters. The summed E-state index contributed by atoms with van der Waals surface area (Å²) in [6, 6.07) is -0.0252. The number of fused-ring (bicyclic) bond motifs is 3. The van der Waals surface area contributed by atoms with Crippen LogP contribution in [0, 0.1) is 23.1 Å². The molecule has 3 aliphatic carbocycles. The highest BCUT2D eigenvalue weighted by Crippen LogP contribution is 2.52. The second-order valence-electron chi connectivity index (χ2n) is 10.7. The number of hydrogen-bond donors (Lipinski definition) is 7. The molecule has 1 aromatic carbocycles. The van der Waals surface area contributed by atoms with Crippen LogP contribution in [0.4, 0.5) is 4.39 Å². The Morgan fingerprint density at radius 1 is 1.23 bits per heavy atom. The first-order chi connectivity index (χ1) is 18.1. The third-order valence-corrected chi connectivity index (χ3v) is 7.74. The van der Waals surface area contributed by atoms with E-state index < -0.39 is 69.5 Å². The van der Waals surface area contributed by atoms with Crippen LogP contribution in [0.1, 0.15) is 23.1 Å². The molecule has 1 saturated carbocycles. The van der Waals surface area contributed by atoms with Gasteiger partial charge in [0.2, 0.25) is 11.7 Å². The van der Waals surface area contributed by atoms with Crippen molar-refractivity contribution in [2.45, 2.75) is 31.0 Å². The number of hydrogen-bond acceptors (Lipinski definition) is 10. The quantitative estimate of drug-likeness (QED) is 0.251. The highest BCUT2D eigenvalue weighted by atomic mass is 19.1. The van der Waals surface area contributed by atoms with Crippen molar-refractivity contribution in [1.82, 2.24) is 15.1 Å². The van der Waals surface area contributed by atoms with Crippen molar-refractivity contribution >= 4 is 29.1 Å². The molecule has 210 valence electrons. The van der Waals surface area contributed by atoms with Crippen LogP contribution in [0.5, 0.6) is 5.75 Å². The summed E-state index contributed by atoms with van der Waals surface area (Å²) >= 11 is 0. The highest BCUT2D eigenvalue weighted by molar-refractivity contribution is 6.33. The molecule has 0 spiro atoms. The zero-order chi connectivity index (χ0) is 29.1. The van der Waals surface area contributed by atoms with Gasteiger partial charge in [0.05, 0.1) is 23.9 Å². The van der Waals surface area contributed by atoms with Gasteiger partial charge in [0.15, 0.2) is 5.60 Å². The first-order valence-corrected chi connectivity index (χ1v) is 12.3. The molecule has 8 N–H and O–H groups in total. The molecule has 0 heterocycles. The Kier molecular flexibility index (Phi) is 7.04. The van der Waals surface area contributed by atoms with Gasteiger partial charge in [0.25, 0.3) is 5.91 Å². The summed E-state index contributed by atoms with van der Waals surface area (Å²) in [5.41, 5.74) is 0.417. The molecule has 0 aliphatic heterocycles. The number of phenolic OH excluding ortho intramolecular Hbond substituents is 1. The molecule has 0 bridgehead atoms. The molecule has 39 heavy (non-hydrogen) atoms. The molecule has 2 amide bonds. The van der Waals surface area contributed by atoms with Crippen molar-refractivity contribution in [3.8, 4) is 5.75 Å². The molecule has 1 aromatic rings. The van der Waals surface area contributed by atoms with Crippen LogP contribution in [-0.4, -0.2) is 99.9 Å². The van der Waals surface area contributed by atoms with Gasteiger partial charge >= 0.3 is 0 Å². The lowest BCUT2D eigenvalue weighted by Crippen LogP contribution is -2.67. The van der Waals surface area contributed by atoms with Crippen molar-refractivity contribution in [3.05, 3.63) is 45.5 Å². The standard InChI is InChI=1S/C26H32FN5O7/c1-31(2)9-15(33)30-8-11-7-14(27)12-5-10-6-13-19(32(3)4)22(36)18(25(29)38)23(28)26(13,39)24(37)16(10)21(35)17(12)20(11)34/h7,10,13,19,28,34-36,39H,5-6,8-9H2,1-4H3,(H2,29,38)(H,30,33)/t10-,13-,19-,26+/m0/s1. The van der Waals surface area contributed by atoms with Crippen LogP contribution in [0.15, 0.2) is 23.0 Å². The number of phenols is 1. The predicted octanol–water partition coefficient (Wildman–Crippen LogP) is -0.268. The van der Waals surface area contributed by atoms with E-state index in [0.29, 0.717) is 0 Å². The van der Waals surface area contributed by atoms with Gasteiger partial charge in [-0.25, -0.2) is 4.39 Å². The number of rotatable bonds is 6. The minimum atomic E-state index is -2.63. The number of primary amides is 1. The number of likely N-dealkylation sites (N-methyl/N-ethyl adjacent to an activating group) is 2. The van der Waals surface area contributed by atoms with Crippen molar-refractivity contribution < 1.29 is 39.2 Å². The maximum Gasteiger partial charge on any atom is 0.254 e. The molecule has 12 nitrogen and oxygen atoms in total. The molecule has 3 aliphatic rings. The van der Waals surface area contributed by atoms with E-state index in [9.17, 15) is 34.8 Å². The molecule has 0 unspecified atom stereocenters. The Bertz CT molecular complexity index is 1370. The van der Waals surface area contributed by atoms with E-state index in [4.69, 9.17) is 11.1 Å². The number of Topliss-reactive ketones (excluding diaryl/α,β-unsaturated/α-hetero) is 1. The Morgan fingerprint density at radius 3 is 2.44 bits per heavy atom. The van der Waals surface area contributed by atoms with Crippen LogP contribution < -0.4 is 11.1 Å². The Hall–Kier alpha value is -3.81. The monoisotopic (exact) mass is 545 g/mol. The average molecular weight is 546 g/mol. The zero-order valence-electron chi connectivity index (χ0n) is 22.0. The third-order valence-electron chi connectivity index (χ3n) is 7.74. The number of amides is 2. The number of nitrogens with zero attached hydrogens (tertiary/aromatic N) is 2. The number of halogens is 1. The minimum Gasteiger partial charge on any atom is -0.510 e. The third kappa shape index (κ3) is 4.26. The summed E-state index contributed by atoms with van der Waals surface area (Å²) in [7, 11) is 6.47.